The molecule has 1 aliphatic rings. The molecule has 0 bridgehead atoms. The number of benzene rings is 2. The quantitative estimate of drug-likeness (QED) is 0.737. The van der Waals surface area contributed by atoms with E-state index in [1.54, 1.807) is 36.9 Å². The maximum Gasteiger partial charge on any atom is 0.295 e. The van der Waals surface area contributed by atoms with E-state index in [1.165, 1.54) is 4.68 Å². The molecule has 2 amide bonds. The number of nitrogens with one attached hydrogen (secondary N) is 2. The van der Waals surface area contributed by atoms with Gasteiger partial charge in [-0.2, -0.15) is 0 Å². The van der Waals surface area contributed by atoms with E-state index in [4.69, 9.17) is 0 Å². The number of carbonyl (C=O) groups is 2. The van der Waals surface area contributed by atoms with E-state index >= 15 is 0 Å². The van der Waals surface area contributed by atoms with Crippen LogP contribution in [0.4, 0.5) is 11.4 Å². The minimum absolute atomic E-state index is 0.0222. The third-order valence-electron chi connectivity index (χ3n) is 5.06. The van der Waals surface area contributed by atoms with Gasteiger partial charge in [0.25, 0.3) is 11.5 Å². The third kappa shape index (κ3) is 3.00. The molecule has 7 heteroatoms. The van der Waals surface area contributed by atoms with Gasteiger partial charge in [0.05, 0.1) is 11.4 Å². The summed E-state index contributed by atoms with van der Waals surface area (Å²) >= 11 is 0. The summed E-state index contributed by atoms with van der Waals surface area (Å²) in [6, 6.07) is 14.4. The van der Waals surface area contributed by atoms with Gasteiger partial charge in [0.1, 0.15) is 5.69 Å². The van der Waals surface area contributed by atoms with Gasteiger partial charge in [-0.05, 0) is 49.2 Å². The van der Waals surface area contributed by atoms with Crippen LogP contribution >= 0.6 is 0 Å². The number of amides is 2. The largest absolute Gasteiger partial charge is 0.326 e. The van der Waals surface area contributed by atoms with Crippen LogP contribution in [-0.2, 0) is 18.3 Å². The van der Waals surface area contributed by atoms with E-state index in [9.17, 15) is 14.4 Å². The van der Waals surface area contributed by atoms with Gasteiger partial charge >= 0.3 is 0 Å². The number of carbonyl (C=O) groups excluding carboxylic acids is 2. The SMILES string of the molecule is Cc1c(NC(=O)c2ccc3c(c2)CCC(=O)N3)c(=O)n(-c2ccccc2)n1C. The number of fused-ring (bicyclic) bond motifs is 1. The molecular formula is C21H20N4O3. The lowest BCUT2D eigenvalue weighted by Gasteiger charge is -2.17. The fourth-order valence-electron chi connectivity index (χ4n) is 3.42. The second kappa shape index (κ2) is 6.84. The van der Waals surface area contributed by atoms with Crippen molar-refractivity contribution in [1.29, 1.82) is 0 Å². The van der Waals surface area contributed by atoms with Crippen molar-refractivity contribution in [1.82, 2.24) is 9.36 Å². The normalized spacial score (nSPS) is 13.0. The van der Waals surface area contributed by atoms with Crippen molar-refractivity contribution in [2.24, 2.45) is 7.05 Å². The second-order valence-electron chi connectivity index (χ2n) is 6.81. The highest BCUT2D eigenvalue weighted by Crippen LogP contribution is 2.24. The predicted octanol–water partition coefficient (Wildman–Crippen LogP) is 2.62. The van der Waals surface area contributed by atoms with Crippen molar-refractivity contribution in [2.75, 3.05) is 10.6 Å². The molecule has 7 nitrogen and oxygen atoms in total. The number of rotatable bonds is 3. The first-order chi connectivity index (χ1) is 13.5. The smallest absolute Gasteiger partial charge is 0.295 e. The van der Waals surface area contributed by atoms with Gasteiger partial charge in [-0.1, -0.05) is 18.2 Å². The first-order valence-electron chi connectivity index (χ1n) is 9.04. The van der Waals surface area contributed by atoms with Crippen LogP contribution in [0.5, 0.6) is 0 Å². The molecule has 2 N–H and O–H groups in total. The lowest BCUT2D eigenvalue weighted by molar-refractivity contribution is -0.116. The topological polar surface area (TPSA) is 85.1 Å². The molecule has 0 radical (unpaired) electrons. The first kappa shape index (κ1) is 17.8. The Morgan fingerprint density at radius 1 is 1.07 bits per heavy atom. The van der Waals surface area contributed by atoms with Crippen molar-refractivity contribution >= 4 is 23.2 Å². The molecule has 142 valence electrons. The lowest BCUT2D eigenvalue weighted by Crippen LogP contribution is -2.23. The molecular weight excluding hydrogens is 356 g/mol. The lowest BCUT2D eigenvalue weighted by atomic mass is 10.00. The van der Waals surface area contributed by atoms with Crippen molar-refractivity contribution in [3.05, 3.63) is 75.7 Å². The fourth-order valence-corrected chi connectivity index (χ4v) is 3.42. The molecule has 0 saturated carbocycles. The average molecular weight is 376 g/mol. The second-order valence-corrected chi connectivity index (χ2v) is 6.81. The van der Waals surface area contributed by atoms with E-state index in [0.29, 0.717) is 24.1 Å². The maximum absolute atomic E-state index is 12.9. The van der Waals surface area contributed by atoms with Gasteiger partial charge in [0, 0.05) is 24.7 Å². The summed E-state index contributed by atoms with van der Waals surface area (Å²) in [5.41, 5.74) is 3.44. The molecule has 0 spiro atoms. The summed E-state index contributed by atoms with van der Waals surface area (Å²) in [5.74, 6) is -0.378. The van der Waals surface area contributed by atoms with Crippen LogP contribution in [0.25, 0.3) is 5.69 Å². The number of nitrogens with zero attached hydrogens (tertiary/aromatic N) is 2. The number of para-hydroxylation sites is 1. The zero-order valence-electron chi connectivity index (χ0n) is 15.7. The summed E-state index contributed by atoms with van der Waals surface area (Å²) in [5, 5.41) is 5.56. The average Bonchev–Trinajstić information content (AvgIpc) is 2.91. The number of aromatic nitrogens is 2. The number of hydrogen-bond acceptors (Lipinski definition) is 3. The summed E-state index contributed by atoms with van der Waals surface area (Å²) in [6.45, 7) is 1.79. The minimum atomic E-state index is -0.356. The molecule has 2 aromatic carbocycles. The molecule has 0 saturated heterocycles. The predicted molar refractivity (Wildman–Crippen MR) is 107 cm³/mol. The van der Waals surface area contributed by atoms with Gasteiger partial charge in [0.15, 0.2) is 0 Å². The molecule has 28 heavy (non-hydrogen) atoms. The molecule has 0 unspecified atom stereocenters. The molecule has 4 rings (SSSR count). The highest BCUT2D eigenvalue weighted by atomic mass is 16.2. The highest BCUT2D eigenvalue weighted by Gasteiger charge is 2.20. The zero-order chi connectivity index (χ0) is 19.8. The molecule has 0 fully saturated rings. The number of anilines is 2. The molecule has 3 aromatic rings. The van der Waals surface area contributed by atoms with E-state index in [1.807, 2.05) is 30.3 Å². The van der Waals surface area contributed by atoms with Gasteiger partial charge in [-0.15, -0.1) is 0 Å². The Morgan fingerprint density at radius 2 is 1.82 bits per heavy atom. The van der Waals surface area contributed by atoms with Gasteiger partial charge < -0.3 is 10.6 Å². The number of aryl methyl sites for hydroxylation is 1. The Kier molecular flexibility index (Phi) is 4.35. The van der Waals surface area contributed by atoms with Crippen LogP contribution in [0.3, 0.4) is 0 Å². The molecule has 2 heterocycles. The van der Waals surface area contributed by atoms with Crippen LogP contribution < -0.4 is 16.2 Å². The van der Waals surface area contributed by atoms with Gasteiger partial charge in [-0.25, -0.2) is 4.68 Å². The van der Waals surface area contributed by atoms with E-state index < -0.39 is 0 Å². The van der Waals surface area contributed by atoms with Crippen molar-refractivity contribution in [2.45, 2.75) is 19.8 Å². The zero-order valence-corrected chi connectivity index (χ0v) is 15.7. The van der Waals surface area contributed by atoms with Crippen LogP contribution in [0, 0.1) is 6.92 Å². The Bertz CT molecular complexity index is 1140. The third-order valence-corrected chi connectivity index (χ3v) is 5.06. The van der Waals surface area contributed by atoms with E-state index in [2.05, 4.69) is 10.6 Å². The fraction of sp³-hybridized carbons (Fsp3) is 0.190. The molecule has 1 aliphatic heterocycles. The van der Waals surface area contributed by atoms with Crippen molar-refractivity contribution in [3.63, 3.8) is 0 Å². The molecule has 0 atom stereocenters. The van der Waals surface area contributed by atoms with Crippen molar-refractivity contribution in [3.8, 4) is 5.69 Å². The van der Waals surface area contributed by atoms with Crippen LogP contribution in [0.2, 0.25) is 0 Å². The minimum Gasteiger partial charge on any atom is -0.326 e. The maximum atomic E-state index is 12.9. The highest BCUT2D eigenvalue weighted by molar-refractivity contribution is 6.05. The summed E-state index contributed by atoms with van der Waals surface area (Å²) in [6.07, 6.45) is 0.991. The van der Waals surface area contributed by atoms with Crippen molar-refractivity contribution < 1.29 is 9.59 Å². The molecule has 0 aliphatic carbocycles. The summed E-state index contributed by atoms with van der Waals surface area (Å²) in [7, 11) is 1.78. The van der Waals surface area contributed by atoms with E-state index in [-0.39, 0.29) is 23.1 Å². The number of hydrogen-bond donors (Lipinski definition) is 2. The Balaban J connectivity index is 1.66. The Labute approximate surface area is 161 Å². The summed E-state index contributed by atoms with van der Waals surface area (Å²) < 4.78 is 3.24. The first-order valence-corrected chi connectivity index (χ1v) is 9.04. The molecule has 1 aromatic heterocycles. The van der Waals surface area contributed by atoms with Crippen LogP contribution in [0.1, 0.15) is 28.0 Å². The van der Waals surface area contributed by atoms with E-state index in [0.717, 1.165) is 16.9 Å². The monoisotopic (exact) mass is 376 g/mol. The van der Waals surface area contributed by atoms with Crippen LogP contribution in [-0.4, -0.2) is 21.2 Å². The standard InChI is InChI=1S/C21H20N4O3/c1-13-19(21(28)25(24(13)2)16-6-4-3-5-7-16)23-20(27)15-8-10-17-14(12-15)9-11-18(26)22-17/h3-8,10,12H,9,11H2,1-2H3,(H,22,26)(H,23,27). The van der Waals surface area contributed by atoms with Gasteiger partial charge in [0.2, 0.25) is 5.91 Å². The van der Waals surface area contributed by atoms with Crippen LogP contribution in [0.15, 0.2) is 53.3 Å². The Hall–Kier alpha value is -3.61. The Morgan fingerprint density at radius 3 is 2.57 bits per heavy atom. The van der Waals surface area contributed by atoms with Gasteiger partial charge in [-0.3, -0.25) is 19.1 Å². The summed E-state index contributed by atoms with van der Waals surface area (Å²) in [4.78, 5) is 37.2.